The molecule has 4 heteroatoms. The van der Waals surface area contributed by atoms with Gasteiger partial charge >= 0.3 is 0 Å². The summed E-state index contributed by atoms with van der Waals surface area (Å²) in [5, 5.41) is 0. The number of nitrogen functional groups attached to an aromatic ring is 1. The maximum atomic E-state index is 6.09. The van der Waals surface area contributed by atoms with E-state index < -0.39 is 0 Å². The summed E-state index contributed by atoms with van der Waals surface area (Å²) in [7, 11) is 0. The Balaban J connectivity index is 2.29. The standard InChI is InChI=1S/C16H18BrNO2/c1-10(2)19-14-5-4-6-15(16(14)18)20-13-8-7-11(3)9-12(13)17/h4-10H,18H2,1-3H3. The number of hydrogen-bond acceptors (Lipinski definition) is 3. The van der Waals surface area contributed by atoms with E-state index >= 15 is 0 Å². The number of nitrogens with two attached hydrogens (primary N) is 1. The number of ether oxygens (including phenoxy) is 2. The van der Waals surface area contributed by atoms with E-state index in [0.29, 0.717) is 17.2 Å². The van der Waals surface area contributed by atoms with Crippen molar-refractivity contribution < 1.29 is 9.47 Å². The molecule has 0 aromatic heterocycles. The highest BCUT2D eigenvalue weighted by Gasteiger charge is 2.11. The zero-order valence-electron chi connectivity index (χ0n) is 11.8. The number of aryl methyl sites for hydroxylation is 1. The lowest BCUT2D eigenvalue weighted by atomic mass is 10.2. The van der Waals surface area contributed by atoms with Gasteiger partial charge in [0, 0.05) is 0 Å². The van der Waals surface area contributed by atoms with Gasteiger partial charge in [-0.2, -0.15) is 0 Å². The third-order valence-electron chi connectivity index (χ3n) is 2.70. The monoisotopic (exact) mass is 335 g/mol. The Hall–Kier alpha value is -1.68. The van der Waals surface area contributed by atoms with Gasteiger partial charge in [0.2, 0.25) is 0 Å². The van der Waals surface area contributed by atoms with Crippen LogP contribution >= 0.6 is 15.9 Å². The van der Waals surface area contributed by atoms with Crippen LogP contribution in [0.1, 0.15) is 19.4 Å². The molecular formula is C16H18BrNO2. The SMILES string of the molecule is Cc1ccc(Oc2cccc(OC(C)C)c2N)c(Br)c1. The Morgan fingerprint density at radius 1 is 1.05 bits per heavy atom. The number of hydrogen-bond donors (Lipinski definition) is 1. The van der Waals surface area contributed by atoms with Crippen molar-refractivity contribution in [2.24, 2.45) is 0 Å². The van der Waals surface area contributed by atoms with Crippen molar-refractivity contribution in [2.45, 2.75) is 26.9 Å². The second kappa shape index (κ2) is 6.18. The fourth-order valence-corrected chi connectivity index (χ4v) is 2.35. The van der Waals surface area contributed by atoms with Crippen LogP contribution in [-0.2, 0) is 0 Å². The lowest BCUT2D eigenvalue weighted by Crippen LogP contribution is -2.07. The molecule has 0 saturated carbocycles. The lowest BCUT2D eigenvalue weighted by molar-refractivity contribution is 0.243. The molecule has 2 aromatic rings. The van der Waals surface area contributed by atoms with E-state index in [9.17, 15) is 0 Å². The zero-order chi connectivity index (χ0) is 14.7. The minimum Gasteiger partial charge on any atom is -0.489 e. The predicted octanol–water partition coefficient (Wildman–Crippen LogP) is 4.92. The van der Waals surface area contributed by atoms with Gasteiger partial charge in [0.25, 0.3) is 0 Å². The van der Waals surface area contributed by atoms with Gasteiger partial charge < -0.3 is 15.2 Å². The molecule has 0 unspecified atom stereocenters. The van der Waals surface area contributed by atoms with Gasteiger partial charge in [0.15, 0.2) is 5.75 Å². The molecule has 2 N–H and O–H groups in total. The molecule has 0 bridgehead atoms. The first-order valence-electron chi connectivity index (χ1n) is 6.46. The Labute approximate surface area is 127 Å². The quantitative estimate of drug-likeness (QED) is 0.806. The highest BCUT2D eigenvalue weighted by Crippen LogP contribution is 2.37. The normalized spacial score (nSPS) is 10.7. The first kappa shape index (κ1) is 14.7. The van der Waals surface area contributed by atoms with Crippen molar-refractivity contribution in [3.63, 3.8) is 0 Å². The first-order chi connectivity index (χ1) is 9.47. The van der Waals surface area contributed by atoms with Gasteiger partial charge in [-0.1, -0.05) is 12.1 Å². The minimum atomic E-state index is 0.0682. The molecule has 3 nitrogen and oxygen atoms in total. The van der Waals surface area contributed by atoms with Crippen LogP contribution in [0.2, 0.25) is 0 Å². The van der Waals surface area contributed by atoms with Crippen molar-refractivity contribution in [1.29, 1.82) is 0 Å². The molecule has 0 radical (unpaired) electrons. The Morgan fingerprint density at radius 3 is 2.40 bits per heavy atom. The molecule has 0 atom stereocenters. The maximum Gasteiger partial charge on any atom is 0.154 e. The van der Waals surface area contributed by atoms with Crippen LogP contribution in [0, 0.1) is 6.92 Å². The molecule has 0 aliphatic carbocycles. The molecule has 106 valence electrons. The number of halogens is 1. The van der Waals surface area contributed by atoms with Gasteiger partial charge in [0.1, 0.15) is 17.2 Å². The Morgan fingerprint density at radius 2 is 1.75 bits per heavy atom. The third-order valence-corrected chi connectivity index (χ3v) is 3.32. The largest absolute Gasteiger partial charge is 0.489 e. The Bertz CT molecular complexity index is 611. The van der Waals surface area contributed by atoms with E-state index in [1.54, 1.807) is 0 Å². The molecular weight excluding hydrogens is 318 g/mol. The molecule has 2 rings (SSSR count). The summed E-state index contributed by atoms with van der Waals surface area (Å²) >= 11 is 3.49. The highest BCUT2D eigenvalue weighted by atomic mass is 79.9. The summed E-state index contributed by atoms with van der Waals surface area (Å²) in [5.74, 6) is 1.96. The third kappa shape index (κ3) is 3.45. The van der Waals surface area contributed by atoms with Gasteiger partial charge in [-0.25, -0.2) is 0 Å². The lowest BCUT2D eigenvalue weighted by Gasteiger charge is -2.15. The second-order valence-electron chi connectivity index (χ2n) is 4.87. The van der Waals surface area contributed by atoms with Gasteiger partial charge in [-0.15, -0.1) is 0 Å². The smallest absolute Gasteiger partial charge is 0.154 e. The van der Waals surface area contributed by atoms with Crippen molar-refractivity contribution in [3.05, 3.63) is 46.4 Å². The Kier molecular flexibility index (Phi) is 4.55. The van der Waals surface area contributed by atoms with E-state index in [1.165, 1.54) is 0 Å². The predicted molar refractivity (Wildman–Crippen MR) is 85.6 cm³/mol. The van der Waals surface area contributed by atoms with Crippen LogP contribution in [0.25, 0.3) is 0 Å². The van der Waals surface area contributed by atoms with Gasteiger partial charge in [-0.05, 0) is 66.5 Å². The van der Waals surface area contributed by atoms with E-state index in [0.717, 1.165) is 15.8 Å². The molecule has 0 spiro atoms. The average Bonchev–Trinajstić information content (AvgIpc) is 2.36. The van der Waals surface area contributed by atoms with Gasteiger partial charge in [-0.3, -0.25) is 0 Å². The molecule has 0 aliphatic rings. The summed E-state index contributed by atoms with van der Waals surface area (Å²) in [6.07, 6.45) is 0.0682. The van der Waals surface area contributed by atoms with E-state index in [-0.39, 0.29) is 6.10 Å². The molecule has 0 saturated heterocycles. The summed E-state index contributed by atoms with van der Waals surface area (Å²) < 4.78 is 12.4. The second-order valence-corrected chi connectivity index (χ2v) is 5.72. The van der Waals surface area contributed by atoms with E-state index in [4.69, 9.17) is 15.2 Å². The zero-order valence-corrected chi connectivity index (χ0v) is 13.4. The summed E-state index contributed by atoms with van der Waals surface area (Å²) in [6.45, 7) is 5.95. The van der Waals surface area contributed by atoms with Crippen molar-refractivity contribution in [3.8, 4) is 17.2 Å². The van der Waals surface area contributed by atoms with Crippen LogP contribution in [0.5, 0.6) is 17.2 Å². The fourth-order valence-electron chi connectivity index (χ4n) is 1.78. The summed E-state index contributed by atoms with van der Waals surface area (Å²) in [4.78, 5) is 0. The van der Waals surface area contributed by atoms with Crippen LogP contribution < -0.4 is 15.2 Å². The van der Waals surface area contributed by atoms with Crippen LogP contribution in [0.4, 0.5) is 5.69 Å². The van der Waals surface area contributed by atoms with Crippen molar-refractivity contribution >= 4 is 21.6 Å². The van der Waals surface area contributed by atoms with E-state index in [1.807, 2.05) is 57.2 Å². The number of benzene rings is 2. The first-order valence-corrected chi connectivity index (χ1v) is 7.26. The number of rotatable bonds is 4. The van der Waals surface area contributed by atoms with Crippen LogP contribution in [0.15, 0.2) is 40.9 Å². The van der Waals surface area contributed by atoms with Crippen LogP contribution in [0.3, 0.4) is 0 Å². The number of anilines is 1. The van der Waals surface area contributed by atoms with Crippen molar-refractivity contribution in [2.75, 3.05) is 5.73 Å². The summed E-state index contributed by atoms with van der Waals surface area (Å²) in [6, 6.07) is 11.4. The number of para-hydroxylation sites is 1. The molecule has 0 fully saturated rings. The molecule has 2 aromatic carbocycles. The van der Waals surface area contributed by atoms with Gasteiger partial charge in [0.05, 0.1) is 10.6 Å². The molecule has 20 heavy (non-hydrogen) atoms. The average molecular weight is 336 g/mol. The highest BCUT2D eigenvalue weighted by molar-refractivity contribution is 9.10. The molecule has 0 heterocycles. The van der Waals surface area contributed by atoms with Crippen LogP contribution in [-0.4, -0.2) is 6.10 Å². The minimum absolute atomic E-state index is 0.0682. The van der Waals surface area contributed by atoms with E-state index in [2.05, 4.69) is 15.9 Å². The maximum absolute atomic E-state index is 6.09. The summed E-state index contributed by atoms with van der Waals surface area (Å²) in [5.41, 5.74) is 7.76. The fraction of sp³-hybridized carbons (Fsp3) is 0.250. The molecule has 0 aliphatic heterocycles. The molecule has 0 amide bonds. The van der Waals surface area contributed by atoms with Crippen molar-refractivity contribution in [1.82, 2.24) is 0 Å². The topological polar surface area (TPSA) is 44.5 Å².